The first-order chi connectivity index (χ1) is 11.5. The third kappa shape index (κ3) is 2.97. The predicted octanol–water partition coefficient (Wildman–Crippen LogP) is 1.56. The average molecular weight is 333 g/mol. The number of aryl methyl sites for hydroxylation is 2. The molecule has 0 unspecified atom stereocenters. The van der Waals surface area contributed by atoms with E-state index in [0.717, 1.165) is 17.0 Å². The van der Waals surface area contributed by atoms with Gasteiger partial charge in [-0.25, -0.2) is 0 Å². The molecule has 0 aromatic carbocycles. The maximum atomic E-state index is 12.8. The van der Waals surface area contributed by atoms with Crippen molar-refractivity contribution in [2.45, 2.75) is 32.4 Å². The third-order valence-electron chi connectivity index (χ3n) is 4.66. The zero-order chi connectivity index (χ0) is 17.3. The van der Waals surface area contributed by atoms with Crippen LogP contribution in [0.4, 0.5) is 0 Å². The molecule has 1 aliphatic rings. The molecule has 3 heterocycles. The van der Waals surface area contributed by atoms with E-state index in [1.54, 1.807) is 16.8 Å². The van der Waals surface area contributed by atoms with Gasteiger partial charge in [0.15, 0.2) is 0 Å². The summed E-state index contributed by atoms with van der Waals surface area (Å²) in [5, 5.41) is 16.8. The van der Waals surface area contributed by atoms with E-state index in [1.807, 2.05) is 20.9 Å². The van der Waals surface area contributed by atoms with Crippen molar-refractivity contribution in [3.63, 3.8) is 0 Å². The highest BCUT2D eigenvalue weighted by Crippen LogP contribution is 2.38. The van der Waals surface area contributed by atoms with Crippen LogP contribution in [0.25, 0.3) is 0 Å². The largest absolute Gasteiger partial charge is 0.467 e. The second kappa shape index (κ2) is 6.78. The molecule has 1 saturated heterocycles. The summed E-state index contributed by atoms with van der Waals surface area (Å²) >= 11 is 0. The highest BCUT2D eigenvalue weighted by molar-refractivity contribution is 5.80. The number of carbonyl (C=O) groups is 1. The summed E-state index contributed by atoms with van der Waals surface area (Å²) in [5.74, 6) is 0.0845. The fourth-order valence-electron chi connectivity index (χ4n) is 3.32. The van der Waals surface area contributed by atoms with Crippen LogP contribution < -0.4 is 5.32 Å². The summed E-state index contributed by atoms with van der Waals surface area (Å²) in [6.45, 7) is 4.22. The molecular weight excluding hydrogens is 310 g/mol. The lowest BCUT2D eigenvalue weighted by molar-refractivity contribution is -0.128. The van der Waals surface area contributed by atoms with Gasteiger partial charge in [-0.3, -0.25) is 9.48 Å². The minimum Gasteiger partial charge on any atom is -0.467 e. The van der Waals surface area contributed by atoms with E-state index in [0.29, 0.717) is 18.8 Å². The van der Waals surface area contributed by atoms with Gasteiger partial charge < -0.3 is 19.6 Å². The molecule has 0 bridgehead atoms. The number of nitrogens with zero attached hydrogens (tertiary/aromatic N) is 2. The average Bonchev–Trinajstić information content (AvgIpc) is 3.27. The Balaban J connectivity index is 1.79. The minimum absolute atomic E-state index is 0.143. The quantitative estimate of drug-likeness (QED) is 0.867. The highest BCUT2D eigenvalue weighted by atomic mass is 16.5. The summed E-state index contributed by atoms with van der Waals surface area (Å²) in [7, 11) is 1.88. The van der Waals surface area contributed by atoms with Crippen LogP contribution in [0.15, 0.2) is 22.8 Å². The van der Waals surface area contributed by atoms with Crippen molar-refractivity contribution in [2.75, 3.05) is 13.2 Å². The van der Waals surface area contributed by atoms with Crippen LogP contribution in [0.5, 0.6) is 0 Å². The van der Waals surface area contributed by atoms with E-state index in [4.69, 9.17) is 9.15 Å². The number of aromatic nitrogens is 2. The van der Waals surface area contributed by atoms with Crippen LogP contribution >= 0.6 is 0 Å². The predicted molar refractivity (Wildman–Crippen MR) is 86.2 cm³/mol. The molecule has 2 N–H and O–H groups in total. The van der Waals surface area contributed by atoms with Crippen molar-refractivity contribution in [1.82, 2.24) is 15.1 Å². The fraction of sp³-hybridized carbons (Fsp3) is 0.529. The molecule has 7 heteroatoms. The topological polar surface area (TPSA) is 89.5 Å². The van der Waals surface area contributed by atoms with Crippen LogP contribution in [-0.2, 0) is 16.6 Å². The number of furan rings is 1. The van der Waals surface area contributed by atoms with Gasteiger partial charge in [-0.05, 0) is 32.4 Å². The molecule has 24 heavy (non-hydrogen) atoms. The molecule has 130 valence electrons. The highest BCUT2D eigenvalue weighted by Gasteiger charge is 2.39. The number of aliphatic hydroxyl groups is 1. The number of aliphatic hydroxyl groups excluding tert-OH is 1. The molecule has 3 atom stereocenters. The molecule has 0 radical (unpaired) electrons. The molecule has 7 nitrogen and oxygen atoms in total. The zero-order valence-corrected chi connectivity index (χ0v) is 14.2. The van der Waals surface area contributed by atoms with Crippen LogP contribution in [0, 0.1) is 19.8 Å². The van der Waals surface area contributed by atoms with E-state index < -0.39 is 6.04 Å². The van der Waals surface area contributed by atoms with E-state index in [9.17, 15) is 9.90 Å². The molecule has 2 aromatic rings. The number of carbonyl (C=O) groups excluding carboxylic acids is 1. The van der Waals surface area contributed by atoms with Crippen molar-refractivity contribution in [2.24, 2.45) is 13.0 Å². The number of nitrogens with one attached hydrogen (secondary N) is 1. The Labute approximate surface area is 140 Å². The Morgan fingerprint density at radius 3 is 2.92 bits per heavy atom. The van der Waals surface area contributed by atoms with E-state index in [-0.39, 0.29) is 24.5 Å². The van der Waals surface area contributed by atoms with Crippen LogP contribution in [0.3, 0.4) is 0 Å². The summed E-state index contributed by atoms with van der Waals surface area (Å²) in [6, 6.07) is 2.91. The normalized spacial score (nSPS) is 21.8. The van der Waals surface area contributed by atoms with Gasteiger partial charge >= 0.3 is 0 Å². The smallest absolute Gasteiger partial charge is 0.226 e. The van der Waals surface area contributed by atoms with Gasteiger partial charge in [-0.1, -0.05) is 0 Å². The summed E-state index contributed by atoms with van der Waals surface area (Å²) in [4.78, 5) is 12.8. The van der Waals surface area contributed by atoms with Crippen LogP contribution in [0.2, 0.25) is 0 Å². The minimum atomic E-state index is -0.551. The lowest BCUT2D eigenvalue weighted by Gasteiger charge is -2.21. The van der Waals surface area contributed by atoms with E-state index >= 15 is 0 Å². The van der Waals surface area contributed by atoms with Crippen molar-refractivity contribution in [1.29, 1.82) is 0 Å². The molecule has 0 spiro atoms. The molecule has 1 fully saturated rings. The lowest BCUT2D eigenvalue weighted by atomic mass is 9.93. The standard InChI is InChI=1S/C17H23N3O4/c1-10-15(11(2)20(3)19-10)16-12(6-8-24-16)17(22)18-13(9-21)14-5-4-7-23-14/h4-5,7,12-13,16,21H,6,8-9H2,1-3H3,(H,18,22)/t12-,13-,16-/m0/s1. The van der Waals surface area contributed by atoms with Gasteiger partial charge in [-0.2, -0.15) is 5.10 Å². The monoisotopic (exact) mass is 333 g/mol. The second-order valence-electron chi connectivity index (χ2n) is 6.15. The Morgan fingerprint density at radius 1 is 1.54 bits per heavy atom. The second-order valence-corrected chi connectivity index (χ2v) is 6.15. The van der Waals surface area contributed by atoms with Crippen molar-refractivity contribution >= 4 is 5.91 Å². The maximum absolute atomic E-state index is 12.8. The molecule has 2 aromatic heterocycles. The number of rotatable bonds is 5. The molecule has 1 amide bonds. The number of hydrogen-bond donors (Lipinski definition) is 2. The first-order valence-corrected chi connectivity index (χ1v) is 8.09. The van der Waals surface area contributed by atoms with Crippen LogP contribution in [-0.4, -0.2) is 34.0 Å². The molecule has 3 rings (SSSR count). The SMILES string of the molecule is Cc1nn(C)c(C)c1[C@H]1OCC[C@@H]1C(=O)N[C@@H](CO)c1ccco1. The van der Waals surface area contributed by atoms with Crippen LogP contribution in [0.1, 0.15) is 41.3 Å². The van der Waals surface area contributed by atoms with E-state index in [1.165, 1.54) is 6.26 Å². The Bertz CT molecular complexity index is 708. The van der Waals surface area contributed by atoms with Crippen molar-refractivity contribution < 1.29 is 19.1 Å². The number of amides is 1. The van der Waals surface area contributed by atoms with Crippen molar-refractivity contribution in [3.8, 4) is 0 Å². The van der Waals surface area contributed by atoms with Gasteiger partial charge in [0.05, 0.1) is 30.6 Å². The first kappa shape index (κ1) is 16.7. The summed E-state index contributed by atoms with van der Waals surface area (Å²) in [6.07, 6.45) is 1.85. The summed E-state index contributed by atoms with van der Waals surface area (Å²) in [5.41, 5.74) is 2.86. The Kier molecular flexibility index (Phi) is 4.73. The lowest BCUT2D eigenvalue weighted by Crippen LogP contribution is -2.36. The summed E-state index contributed by atoms with van der Waals surface area (Å²) < 4.78 is 12.9. The molecular formula is C17H23N3O4. The number of hydrogen-bond acceptors (Lipinski definition) is 5. The number of ether oxygens (including phenoxy) is 1. The fourth-order valence-corrected chi connectivity index (χ4v) is 3.32. The Morgan fingerprint density at radius 2 is 2.33 bits per heavy atom. The molecule has 1 aliphatic heterocycles. The van der Waals surface area contributed by atoms with Crippen molar-refractivity contribution in [3.05, 3.63) is 41.1 Å². The molecule has 0 aliphatic carbocycles. The van der Waals surface area contributed by atoms with Gasteiger partial charge in [0.1, 0.15) is 11.8 Å². The Hall–Kier alpha value is -2.12. The van der Waals surface area contributed by atoms with Gasteiger partial charge in [0.2, 0.25) is 5.91 Å². The zero-order valence-electron chi connectivity index (χ0n) is 14.2. The van der Waals surface area contributed by atoms with E-state index in [2.05, 4.69) is 10.4 Å². The first-order valence-electron chi connectivity index (χ1n) is 8.09. The van der Waals surface area contributed by atoms with Gasteiger partial charge in [-0.15, -0.1) is 0 Å². The van der Waals surface area contributed by atoms with Gasteiger partial charge in [0, 0.05) is 24.9 Å². The third-order valence-corrected chi connectivity index (χ3v) is 4.66. The van der Waals surface area contributed by atoms with Gasteiger partial charge in [0.25, 0.3) is 0 Å². The maximum Gasteiger partial charge on any atom is 0.226 e. The molecule has 0 saturated carbocycles.